The summed E-state index contributed by atoms with van der Waals surface area (Å²) in [7, 11) is 0. The minimum atomic E-state index is -1.30. The van der Waals surface area contributed by atoms with Crippen molar-refractivity contribution in [3.05, 3.63) is 53.6 Å². The Hall–Kier alpha value is -2.96. The summed E-state index contributed by atoms with van der Waals surface area (Å²) < 4.78 is 26.7. The second-order valence-corrected chi connectivity index (χ2v) is 6.85. The van der Waals surface area contributed by atoms with Crippen LogP contribution in [0, 0.1) is 17.6 Å². The summed E-state index contributed by atoms with van der Waals surface area (Å²) in [6.45, 7) is 4.59. The van der Waals surface area contributed by atoms with Gasteiger partial charge < -0.3 is 15.3 Å². The summed E-state index contributed by atoms with van der Waals surface area (Å²) in [5.41, 5.74) is 1.21. The lowest BCUT2D eigenvalue weighted by atomic mass is 9.98. The van der Waals surface area contributed by atoms with E-state index >= 15 is 0 Å². The molecule has 0 aliphatic carbocycles. The molecule has 27 heavy (non-hydrogen) atoms. The van der Waals surface area contributed by atoms with Gasteiger partial charge in [-0.05, 0) is 41.3 Å². The summed E-state index contributed by atoms with van der Waals surface area (Å²) >= 11 is 0. The highest BCUT2D eigenvalue weighted by Gasteiger charge is 2.35. The molecule has 0 unspecified atom stereocenters. The maximum atomic E-state index is 13.5. The summed E-state index contributed by atoms with van der Waals surface area (Å²) in [5, 5.41) is 12.2. The van der Waals surface area contributed by atoms with Crippen LogP contribution in [0.4, 0.5) is 8.78 Å². The number of halogens is 2. The van der Waals surface area contributed by atoms with Gasteiger partial charge >= 0.3 is 0 Å². The SMILES string of the molecule is CC(C)[C@H]1C(=O)NCCN1C(=O)c1ccc(-c2cc(O)c(F)c(F)c2)cc1. The second kappa shape index (κ2) is 7.34. The zero-order chi connectivity index (χ0) is 19.7. The number of aromatic hydroxyl groups is 1. The normalized spacial score (nSPS) is 17.1. The topological polar surface area (TPSA) is 69.6 Å². The van der Waals surface area contributed by atoms with Crippen molar-refractivity contribution in [2.45, 2.75) is 19.9 Å². The average Bonchev–Trinajstić information content (AvgIpc) is 2.64. The average molecular weight is 374 g/mol. The number of hydrogen-bond acceptors (Lipinski definition) is 3. The van der Waals surface area contributed by atoms with Crippen molar-refractivity contribution in [3.63, 3.8) is 0 Å². The summed E-state index contributed by atoms with van der Waals surface area (Å²) in [6, 6.07) is 7.89. The van der Waals surface area contributed by atoms with Crippen LogP contribution in [-0.2, 0) is 4.79 Å². The van der Waals surface area contributed by atoms with Crippen molar-refractivity contribution in [2.75, 3.05) is 13.1 Å². The molecule has 7 heteroatoms. The Morgan fingerprint density at radius 1 is 1.19 bits per heavy atom. The molecule has 1 aliphatic heterocycles. The predicted octanol–water partition coefficient (Wildman–Crippen LogP) is 2.93. The van der Waals surface area contributed by atoms with Crippen molar-refractivity contribution >= 4 is 11.8 Å². The Balaban J connectivity index is 1.86. The van der Waals surface area contributed by atoms with E-state index in [-0.39, 0.29) is 17.7 Å². The number of rotatable bonds is 3. The molecular weight excluding hydrogens is 354 g/mol. The first-order chi connectivity index (χ1) is 12.8. The van der Waals surface area contributed by atoms with E-state index in [0.29, 0.717) is 29.8 Å². The van der Waals surface area contributed by atoms with Gasteiger partial charge in [0.2, 0.25) is 5.91 Å². The van der Waals surface area contributed by atoms with Gasteiger partial charge in [-0.3, -0.25) is 9.59 Å². The maximum absolute atomic E-state index is 13.5. The highest BCUT2D eigenvalue weighted by atomic mass is 19.2. The highest BCUT2D eigenvalue weighted by molar-refractivity contribution is 5.98. The van der Waals surface area contributed by atoms with Crippen LogP contribution < -0.4 is 5.32 Å². The van der Waals surface area contributed by atoms with Crippen LogP contribution in [0.15, 0.2) is 36.4 Å². The van der Waals surface area contributed by atoms with Crippen LogP contribution in [-0.4, -0.2) is 41.0 Å². The molecule has 1 atom stereocenters. The summed E-state index contributed by atoms with van der Waals surface area (Å²) in [4.78, 5) is 26.5. The molecule has 0 saturated carbocycles. The molecule has 1 saturated heterocycles. The van der Waals surface area contributed by atoms with Crippen molar-refractivity contribution in [3.8, 4) is 16.9 Å². The third-order valence-corrected chi connectivity index (χ3v) is 4.62. The zero-order valence-electron chi connectivity index (χ0n) is 15.0. The number of hydrogen-bond donors (Lipinski definition) is 2. The number of carbonyl (C=O) groups is 2. The number of piperazine rings is 1. The molecule has 0 aromatic heterocycles. The lowest BCUT2D eigenvalue weighted by Crippen LogP contribution is -2.59. The second-order valence-electron chi connectivity index (χ2n) is 6.85. The molecule has 3 rings (SSSR count). The fourth-order valence-electron chi connectivity index (χ4n) is 3.29. The first-order valence-corrected chi connectivity index (χ1v) is 8.66. The molecule has 0 radical (unpaired) electrons. The minimum absolute atomic E-state index is 0.0290. The third-order valence-electron chi connectivity index (χ3n) is 4.62. The maximum Gasteiger partial charge on any atom is 0.254 e. The molecule has 2 aromatic carbocycles. The molecule has 2 aromatic rings. The molecule has 1 fully saturated rings. The summed E-state index contributed by atoms with van der Waals surface area (Å²) in [6.07, 6.45) is 0. The van der Waals surface area contributed by atoms with Crippen LogP contribution in [0.5, 0.6) is 5.75 Å². The first-order valence-electron chi connectivity index (χ1n) is 8.66. The molecule has 1 aliphatic rings. The quantitative estimate of drug-likeness (QED) is 0.868. The van der Waals surface area contributed by atoms with Gasteiger partial charge in [0.05, 0.1) is 0 Å². The van der Waals surface area contributed by atoms with Crippen LogP contribution in [0.2, 0.25) is 0 Å². The van der Waals surface area contributed by atoms with Crippen molar-refractivity contribution < 1.29 is 23.5 Å². The number of benzene rings is 2. The third kappa shape index (κ3) is 3.63. The van der Waals surface area contributed by atoms with E-state index in [0.717, 1.165) is 12.1 Å². The first kappa shape index (κ1) is 18.8. The van der Waals surface area contributed by atoms with Gasteiger partial charge in [-0.2, -0.15) is 4.39 Å². The molecule has 1 heterocycles. The Morgan fingerprint density at radius 2 is 1.85 bits per heavy atom. The number of nitrogens with zero attached hydrogens (tertiary/aromatic N) is 1. The Labute approximate surface area is 155 Å². The van der Waals surface area contributed by atoms with Gasteiger partial charge in [0.25, 0.3) is 5.91 Å². The fourth-order valence-corrected chi connectivity index (χ4v) is 3.29. The predicted molar refractivity (Wildman–Crippen MR) is 96.1 cm³/mol. The number of phenolic OH excluding ortho intramolecular Hbond substituents is 1. The van der Waals surface area contributed by atoms with Gasteiger partial charge in [0, 0.05) is 18.7 Å². The molecule has 0 bridgehead atoms. The van der Waals surface area contributed by atoms with Crippen molar-refractivity contribution in [1.82, 2.24) is 10.2 Å². The van der Waals surface area contributed by atoms with Gasteiger partial charge in [0.15, 0.2) is 17.4 Å². The van der Waals surface area contributed by atoms with Crippen LogP contribution in [0.1, 0.15) is 24.2 Å². The number of amides is 2. The van der Waals surface area contributed by atoms with E-state index in [4.69, 9.17) is 0 Å². The monoisotopic (exact) mass is 374 g/mol. The minimum Gasteiger partial charge on any atom is -0.505 e. The molecule has 142 valence electrons. The Morgan fingerprint density at radius 3 is 2.44 bits per heavy atom. The Kier molecular flexibility index (Phi) is 5.12. The molecule has 5 nitrogen and oxygen atoms in total. The standard InChI is InChI=1S/C20H20F2N2O3/c1-11(2)18-19(26)23-7-8-24(18)20(27)13-5-3-12(4-6-13)14-9-15(21)17(22)16(25)10-14/h3-6,9-11,18,25H,7-8H2,1-2H3,(H,23,26)/t18-/m0/s1. The van der Waals surface area contributed by atoms with Gasteiger partial charge in [-0.25, -0.2) is 4.39 Å². The van der Waals surface area contributed by atoms with Gasteiger partial charge in [-0.1, -0.05) is 26.0 Å². The largest absolute Gasteiger partial charge is 0.505 e. The van der Waals surface area contributed by atoms with E-state index < -0.39 is 23.4 Å². The van der Waals surface area contributed by atoms with E-state index in [1.807, 2.05) is 13.8 Å². The number of phenols is 1. The number of nitrogens with one attached hydrogen (secondary N) is 1. The van der Waals surface area contributed by atoms with E-state index in [2.05, 4.69) is 5.32 Å². The van der Waals surface area contributed by atoms with E-state index in [1.165, 1.54) is 0 Å². The molecule has 0 spiro atoms. The van der Waals surface area contributed by atoms with Crippen LogP contribution in [0.25, 0.3) is 11.1 Å². The fraction of sp³-hybridized carbons (Fsp3) is 0.300. The van der Waals surface area contributed by atoms with E-state index in [9.17, 15) is 23.5 Å². The van der Waals surface area contributed by atoms with E-state index in [1.54, 1.807) is 29.2 Å². The van der Waals surface area contributed by atoms with Crippen LogP contribution in [0.3, 0.4) is 0 Å². The lowest BCUT2D eigenvalue weighted by Gasteiger charge is -2.37. The Bertz CT molecular complexity index is 858. The molecule has 2 N–H and O–H groups in total. The smallest absolute Gasteiger partial charge is 0.254 e. The van der Waals surface area contributed by atoms with Gasteiger partial charge in [-0.15, -0.1) is 0 Å². The lowest BCUT2D eigenvalue weighted by molar-refractivity contribution is -0.129. The summed E-state index contributed by atoms with van der Waals surface area (Å²) in [5.74, 6) is -3.68. The molecular formula is C20H20F2N2O3. The van der Waals surface area contributed by atoms with Gasteiger partial charge in [0.1, 0.15) is 6.04 Å². The highest BCUT2D eigenvalue weighted by Crippen LogP contribution is 2.28. The number of carbonyl (C=O) groups excluding carboxylic acids is 2. The zero-order valence-corrected chi connectivity index (χ0v) is 15.0. The molecule has 2 amide bonds. The van der Waals surface area contributed by atoms with Crippen LogP contribution >= 0.6 is 0 Å². The van der Waals surface area contributed by atoms with Crippen molar-refractivity contribution in [1.29, 1.82) is 0 Å². The van der Waals surface area contributed by atoms with Crippen molar-refractivity contribution in [2.24, 2.45) is 5.92 Å².